The summed E-state index contributed by atoms with van der Waals surface area (Å²) < 4.78 is 27.3. The Morgan fingerprint density at radius 1 is 1.03 bits per heavy atom. The van der Waals surface area contributed by atoms with Gasteiger partial charge in [0.1, 0.15) is 0 Å². The highest BCUT2D eigenvalue weighted by atomic mass is 35.5. The average molecular weight is 489 g/mol. The third-order valence-corrected chi connectivity index (χ3v) is 8.39. The highest BCUT2D eigenvalue weighted by Gasteiger charge is 2.58. The quantitative estimate of drug-likeness (QED) is 0.687. The van der Waals surface area contributed by atoms with Gasteiger partial charge in [-0.15, -0.1) is 0 Å². The summed E-state index contributed by atoms with van der Waals surface area (Å²) in [6.07, 6.45) is 0.750. The Kier molecular flexibility index (Phi) is 5.94. The maximum atomic E-state index is 12.9. The van der Waals surface area contributed by atoms with Gasteiger partial charge in [0, 0.05) is 41.2 Å². The summed E-state index contributed by atoms with van der Waals surface area (Å²) in [5.74, 6) is -0.0762. The summed E-state index contributed by atoms with van der Waals surface area (Å²) in [6, 6.07) is 11.7. The van der Waals surface area contributed by atoms with Crippen LogP contribution in [-0.2, 0) is 22.3 Å². The van der Waals surface area contributed by atoms with Crippen molar-refractivity contribution < 1.29 is 13.2 Å². The van der Waals surface area contributed by atoms with Gasteiger partial charge in [0.15, 0.2) is 0 Å². The molecule has 10 heteroatoms. The van der Waals surface area contributed by atoms with Gasteiger partial charge >= 0.3 is 6.03 Å². The molecule has 160 valence electrons. The second-order valence-electron chi connectivity index (χ2n) is 7.68. The van der Waals surface area contributed by atoms with Crippen LogP contribution >= 0.6 is 34.8 Å². The molecular weight excluding hydrogens is 469 g/mol. The van der Waals surface area contributed by atoms with Crippen LogP contribution in [0.5, 0.6) is 0 Å². The van der Waals surface area contributed by atoms with Gasteiger partial charge in [-0.1, -0.05) is 53.0 Å². The van der Waals surface area contributed by atoms with E-state index in [2.05, 4.69) is 5.32 Å². The fourth-order valence-corrected chi connectivity index (χ4v) is 6.43. The van der Waals surface area contributed by atoms with Crippen LogP contribution in [0.3, 0.4) is 0 Å². The number of carbonyl (C=O) groups excluding carboxylic acids is 1. The van der Waals surface area contributed by atoms with Gasteiger partial charge in [-0.3, -0.25) is 0 Å². The monoisotopic (exact) mass is 487 g/mol. The van der Waals surface area contributed by atoms with Crippen LogP contribution < -0.4 is 5.32 Å². The maximum Gasteiger partial charge on any atom is 0.317 e. The number of urea groups is 1. The Morgan fingerprint density at radius 3 is 2.30 bits per heavy atom. The SMILES string of the molecule is O=C(NCc1ccc(Cl)cc1Cl)N1CC2(CCN2S(=O)(=O)Cc2ccc(Cl)cc2)C1. The summed E-state index contributed by atoms with van der Waals surface area (Å²) >= 11 is 17.9. The first-order valence-electron chi connectivity index (χ1n) is 9.40. The second kappa shape index (κ2) is 8.20. The number of benzene rings is 2. The molecule has 6 nitrogen and oxygen atoms in total. The molecule has 30 heavy (non-hydrogen) atoms. The first-order valence-corrected chi connectivity index (χ1v) is 12.1. The summed E-state index contributed by atoms with van der Waals surface area (Å²) in [5.41, 5.74) is 0.969. The Labute approximate surface area is 190 Å². The zero-order valence-electron chi connectivity index (χ0n) is 15.9. The molecular formula is C20H20Cl3N3O3S. The number of carbonyl (C=O) groups is 1. The van der Waals surface area contributed by atoms with E-state index in [1.54, 1.807) is 47.4 Å². The van der Waals surface area contributed by atoms with Gasteiger partial charge in [-0.2, -0.15) is 4.31 Å². The third kappa shape index (κ3) is 4.27. The third-order valence-electron chi connectivity index (χ3n) is 5.61. The molecule has 4 rings (SSSR count). The topological polar surface area (TPSA) is 69.7 Å². The molecule has 2 amide bonds. The van der Waals surface area contributed by atoms with Crippen LogP contribution in [0.4, 0.5) is 4.79 Å². The molecule has 1 spiro atoms. The minimum atomic E-state index is -3.47. The van der Waals surface area contributed by atoms with Gasteiger partial charge in [0.05, 0.1) is 11.3 Å². The van der Waals surface area contributed by atoms with E-state index in [4.69, 9.17) is 34.8 Å². The smallest absolute Gasteiger partial charge is 0.317 e. The zero-order chi connectivity index (χ0) is 21.5. The number of rotatable bonds is 5. The lowest BCUT2D eigenvalue weighted by atomic mass is 9.80. The summed E-state index contributed by atoms with van der Waals surface area (Å²) in [5, 5.41) is 4.41. The Balaban J connectivity index is 1.33. The van der Waals surface area contributed by atoms with Crippen molar-refractivity contribution in [2.24, 2.45) is 0 Å². The molecule has 2 heterocycles. The van der Waals surface area contributed by atoms with E-state index < -0.39 is 15.6 Å². The van der Waals surface area contributed by atoms with E-state index in [1.807, 2.05) is 0 Å². The summed E-state index contributed by atoms with van der Waals surface area (Å²) in [6.45, 7) is 1.52. The first-order chi connectivity index (χ1) is 14.2. The number of sulfonamides is 1. The fourth-order valence-electron chi connectivity index (χ4n) is 3.89. The number of amides is 2. The van der Waals surface area contributed by atoms with Crippen LogP contribution in [0.25, 0.3) is 0 Å². The minimum absolute atomic E-state index is 0.0762. The van der Waals surface area contributed by atoms with E-state index in [-0.39, 0.29) is 18.3 Å². The van der Waals surface area contributed by atoms with Gasteiger partial charge in [0.25, 0.3) is 0 Å². The molecule has 2 aromatic rings. The Hall–Kier alpha value is -1.51. The molecule has 0 radical (unpaired) electrons. The molecule has 0 bridgehead atoms. The normalized spacial score (nSPS) is 18.0. The van der Waals surface area contributed by atoms with Gasteiger partial charge in [-0.25, -0.2) is 13.2 Å². The Bertz CT molecular complexity index is 1070. The Morgan fingerprint density at radius 2 is 1.70 bits per heavy atom. The van der Waals surface area contributed by atoms with Crippen LogP contribution in [0, 0.1) is 0 Å². The largest absolute Gasteiger partial charge is 0.334 e. The second-order valence-corrected chi connectivity index (χ2v) is 10.9. The van der Waals surface area contributed by atoms with Gasteiger partial charge in [-0.05, 0) is 41.8 Å². The molecule has 2 aliphatic heterocycles. The molecule has 0 atom stereocenters. The molecule has 0 aromatic heterocycles. The lowest BCUT2D eigenvalue weighted by molar-refractivity contribution is -0.0502. The molecule has 2 saturated heterocycles. The minimum Gasteiger partial charge on any atom is -0.334 e. The van der Waals surface area contributed by atoms with Gasteiger partial charge in [0.2, 0.25) is 10.0 Å². The van der Waals surface area contributed by atoms with Crippen molar-refractivity contribution >= 4 is 50.9 Å². The molecule has 0 aliphatic carbocycles. The highest BCUT2D eigenvalue weighted by molar-refractivity contribution is 7.88. The number of nitrogens with zero attached hydrogens (tertiary/aromatic N) is 2. The van der Waals surface area contributed by atoms with Crippen LogP contribution in [-0.4, -0.2) is 48.8 Å². The molecule has 1 N–H and O–H groups in total. The van der Waals surface area contributed by atoms with Crippen LogP contribution in [0.2, 0.25) is 15.1 Å². The van der Waals surface area contributed by atoms with Crippen molar-refractivity contribution in [2.75, 3.05) is 19.6 Å². The lowest BCUT2D eigenvalue weighted by Gasteiger charge is -2.61. The predicted molar refractivity (Wildman–Crippen MR) is 118 cm³/mol. The molecule has 2 aliphatic rings. The predicted octanol–water partition coefficient (Wildman–Crippen LogP) is 4.15. The van der Waals surface area contributed by atoms with E-state index >= 15 is 0 Å². The standard InChI is InChI=1S/C20H20Cl3N3O3S/c21-16-4-1-14(2-5-16)11-30(28,29)26-8-7-20(26)12-25(13-20)19(27)24-10-15-3-6-17(22)9-18(15)23/h1-6,9H,7-8,10-13H2,(H,24,27). The molecule has 0 unspecified atom stereocenters. The van der Waals surface area contributed by atoms with E-state index in [1.165, 1.54) is 4.31 Å². The lowest BCUT2D eigenvalue weighted by Crippen LogP contribution is -2.79. The number of nitrogens with one attached hydrogen (secondary N) is 1. The van der Waals surface area contributed by atoms with E-state index in [0.29, 0.717) is 40.3 Å². The fraction of sp³-hybridized carbons (Fsp3) is 0.350. The number of hydrogen-bond acceptors (Lipinski definition) is 3. The van der Waals surface area contributed by atoms with Crippen molar-refractivity contribution in [1.82, 2.24) is 14.5 Å². The van der Waals surface area contributed by atoms with Crippen molar-refractivity contribution in [1.29, 1.82) is 0 Å². The van der Waals surface area contributed by atoms with E-state index in [9.17, 15) is 13.2 Å². The molecule has 2 fully saturated rings. The first kappa shape index (κ1) is 21.7. The average Bonchev–Trinajstić information content (AvgIpc) is 2.60. The summed E-state index contributed by atoms with van der Waals surface area (Å²) in [7, 11) is -3.47. The van der Waals surface area contributed by atoms with Crippen molar-refractivity contribution in [3.05, 3.63) is 68.7 Å². The number of hydrogen-bond donors (Lipinski definition) is 1. The maximum absolute atomic E-state index is 12.9. The molecule has 2 aromatic carbocycles. The summed E-state index contributed by atoms with van der Waals surface area (Å²) in [4.78, 5) is 14.1. The number of halogens is 3. The van der Waals surface area contributed by atoms with Gasteiger partial charge < -0.3 is 10.2 Å². The van der Waals surface area contributed by atoms with Crippen molar-refractivity contribution in [3.63, 3.8) is 0 Å². The van der Waals surface area contributed by atoms with E-state index in [0.717, 1.165) is 12.0 Å². The van der Waals surface area contributed by atoms with Crippen LogP contribution in [0.1, 0.15) is 17.5 Å². The number of likely N-dealkylation sites (tertiary alicyclic amines) is 1. The van der Waals surface area contributed by atoms with Crippen molar-refractivity contribution in [3.8, 4) is 0 Å². The van der Waals surface area contributed by atoms with Crippen molar-refractivity contribution in [2.45, 2.75) is 24.3 Å². The highest BCUT2D eigenvalue weighted by Crippen LogP contribution is 2.42. The zero-order valence-corrected chi connectivity index (χ0v) is 19.0. The molecule has 0 saturated carbocycles. The van der Waals surface area contributed by atoms with Crippen LogP contribution in [0.15, 0.2) is 42.5 Å².